The average Bonchev–Trinajstić information content (AvgIpc) is 3.23. The SMILES string of the molecule is CCC(CC)(NC(=O)c1cnn2c1NC(c1ccccc1)CC2(C)C)c1cccc(C)c1. The van der Waals surface area contributed by atoms with Crippen LogP contribution in [0.3, 0.4) is 0 Å². The molecule has 32 heavy (non-hydrogen) atoms. The molecule has 1 aliphatic heterocycles. The van der Waals surface area contributed by atoms with Crippen molar-refractivity contribution in [2.24, 2.45) is 0 Å². The van der Waals surface area contributed by atoms with Gasteiger partial charge in [0, 0.05) is 0 Å². The number of nitrogens with one attached hydrogen (secondary N) is 2. The molecular weight excluding hydrogens is 396 g/mol. The van der Waals surface area contributed by atoms with Crippen LogP contribution in [0.5, 0.6) is 0 Å². The van der Waals surface area contributed by atoms with E-state index in [0.717, 1.165) is 30.6 Å². The lowest BCUT2D eigenvalue weighted by Gasteiger charge is -2.38. The van der Waals surface area contributed by atoms with Crippen LogP contribution in [0, 0.1) is 6.92 Å². The van der Waals surface area contributed by atoms with Crippen LogP contribution >= 0.6 is 0 Å². The lowest BCUT2D eigenvalue weighted by atomic mass is 9.83. The van der Waals surface area contributed by atoms with E-state index in [9.17, 15) is 4.79 Å². The van der Waals surface area contributed by atoms with Crippen molar-refractivity contribution in [3.8, 4) is 0 Å². The van der Waals surface area contributed by atoms with Crippen molar-refractivity contribution in [1.29, 1.82) is 0 Å². The number of fused-ring (bicyclic) bond motifs is 1. The second-order valence-electron chi connectivity index (χ2n) is 9.56. The number of hydrogen-bond donors (Lipinski definition) is 2. The predicted octanol–water partition coefficient (Wildman–Crippen LogP) is 5.93. The maximum Gasteiger partial charge on any atom is 0.257 e. The number of carbonyl (C=O) groups is 1. The molecule has 2 N–H and O–H groups in total. The first-order valence-electron chi connectivity index (χ1n) is 11.6. The van der Waals surface area contributed by atoms with E-state index < -0.39 is 5.54 Å². The van der Waals surface area contributed by atoms with Gasteiger partial charge in [0.15, 0.2) is 0 Å². The molecule has 3 aromatic rings. The number of anilines is 1. The molecule has 0 radical (unpaired) electrons. The second kappa shape index (κ2) is 8.45. The predicted molar refractivity (Wildman–Crippen MR) is 130 cm³/mol. The van der Waals surface area contributed by atoms with E-state index in [2.05, 4.69) is 98.9 Å². The molecule has 5 heteroatoms. The van der Waals surface area contributed by atoms with Crippen LogP contribution in [0.4, 0.5) is 5.82 Å². The van der Waals surface area contributed by atoms with Crippen molar-refractivity contribution >= 4 is 11.7 Å². The normalized spacial score (nSPS) is 17.3. The molecule has 4 rings (SSSR count). The minimum atomic E-state index is -0.416. The molecule has 0 bridgehead atoms. The smallest absolute Gasteiger partial charge is 0.257 e. The van der Waals surface area contributed by atoms with Crippen molar-refractivity contribution < 1.29 is 4.79 Å². The highest BCUT2D eigenvalue weighted by Crippen LogP contribution is 2.40. The Labute approximate surface area is 191 Å². The zero-order valence-corrected chi connectivity index (χ0v) is 19.8. The molecule has 0 saturated carbocycles. The summed E-state index contributed by atoms with van der Waals surface area (Å²) in [6.07, 6.45) is 4.23. The summed E-state index contributed by atoms with van der Waals surface area (Å²) in [5.74, 6) is 0.700. The Hall–Kier alpha value is -3.08. The first-order chi connectivity index (χ1) is 15.3. The first kappa shape index (κ1) is 22.1. The van der Waals surface area contributed by atoms with Crippen molar-refractivity contribution in [2.45, 2.75) is 71.0 Å². The van der Waals surface area contributed by atoms with Crippen LogP contribution in [0.1, 0.15) is 80.0 Å². The minimum absolute atomic E-state index is 0.0894. The van der Waals surface area contributed by atoms with E-state index in [-0.39, 0.29) is 17.5 Å². The highest BCUT2D eigenvalue weighted by molar-refractivity contribution is 5.99. The monoisotopic (exact) mass is 430 g/mol. The molecule has 0 aliphatic carbocycles. The number of nitrogens with zero attached hydrogens (tertiary/aromatic N) is 2. The van der Waals surface area contributed by atoms with Gasteiger partial charge in [0.1, 0.15) is 11.4 Å². The largest absolute Gasteiger partial charge is 0.363 e. The third-order valence-electron chi connectivity index (χ3n) is 6.93. The van der Waals surface area contributed by atoms with Gasteiger partial charge in [-0.15, -0.1) is 0 Å². The fourth-order valence-electron chi connectivity index (χ4n) is 4.94. The van der Waals surface area contributed by atoms with Crippen molar-refractivity contribution in [1.82, 2.24) is 15.1 Å². The maximum absolute atomic E-state index is 13.6. The summed E-state index contributed by atoms with van der Waals surface area (Å²) in [6.45, 7) is 10.7. The molecule has 0 fully saturated rings. The summed E-state index contributed by atoms with van der Waals surface area (Å²) in [7, 11) is 0. The first-order valence-corrected chi connectivity index (χ1v) is 11.6. The molecule has 1 aliphatic rings. The van der Waals surface area contributed by atoms with Crippen LogP contribution < -0.4 is 10.6 Å². The molecule has 2 heterocycles. The molecule has 2 aromatic carbocycles. The van der Waals surface area contributed by atoms with Gasteiger partial charge in [-0.3, -0.25) is 4.79 Å². The van der Waals surface area contributed by atoms with Crippen molar-refractivity contribution in [3.63, 3.8) is 0 Å². The fraction of sp³-hybridized carbons (Fsp3) is 0.407. The summed E-state index contributed by atoms with van der Waals surface area (Å²) in [5, 5.41) is 11.6. The third-order valence-corrected chi connectivity index (χ3v) is 6.93. The molecule has 1 amide bonds. The number of carbonyl (C=O) groups excluding carboxylic acids is 1. The molecule has 168 valence electrons. The lowest BCUT2D eigenvalue weighted by Crippen LogP contribution is -2.45. The van der Waals surface area contributed by atoms with Gasteiger partial charge in [-0.2, -0.15) is 5.10 Å². The number of rotatable bonds is 6. The molecule has 0 saturated heterocycles. The van der Waals surface area contributed by atoms with Crippen molar-refractivity contribution in [3.05, 3.63) is 83.0 Å². The van der Waals surface area contributed by atoms with E-state index in [1.165, 1.54) is 11.1 Å². The summed E-state index contributed by atoms with van der Waals surface area (Å²) >= 11 is 0. The summed E-state index contributed by atoms with van der Waals surface area (Å²) < 4.78 is 1.97. The number of benzene rings is 2. The van der Waals surface area contributed by atoms with Gasteiger partial charge in [0.05, 0.1) is 23.3 Å². The van der Waals surface area contributed by atoms with Crippen LogP contribution in [0.15, 0.2) is 60.8 Å². The van der Waals surface area contributed by atoms with Gasteiger partial charge in [-0.25, -0.2) is 4.68 Å². The standard InChI is InChI=1S/C27H34N4O/c1-6-27(7-2,21-15-11-12-19(3)16-21)30-25(32)22-18-28-31-24(22)29-23(17-26(31,4)5)20-13-9-8-10-14-20/h8-16,18,23,29H,6-7,17H2,1-5H3,(H,30,32). The van der Waals surface area contributed by atoms with E-state index in [1.54, 1.807) is 6.20 Å². The number of aromatic nitrogens is 2. The highest BCUT2D eigenvalue weighted by Gasteiger charge is 2.38. The Morgan fingerprint density at radius 2 is 1.88 bits per heavy atom. The van der Waals surface area contributed by atoms with Gasteiger partial charge in [-0.1, -0.05) is 74.0 Å². The van der Waals surface area contributed by atoms with Gasteiger partial charge < -0.3 is 10.6 Å². The van der Waals surface area contributed by atoms with Crippen molar-refractivity contribution in [2.75, 3.05) is 5.32 Å². The summed E-state index contributed by atoms with van der Waals surface area (Å²) in [6, 6.07) is 19.0. The van der Waals surface area contributed by atoms with Crippen LogP contribution in [-0.2, 0) is 11.1 Å². The summed E-state index contributed by atoms with van der Waals surface area (Å²) in [4.78, 5) is 13.6. The van der Waals surface area contributed by atoms with Gasteiger partial charge in [-0.05, 0) is 51.2 Å². The summed E-state index contributed by atoms with van der Waals surface area (Å²) in [5.41, 5.74) is 3.53. The Kier molecular flexibility index (Phi) is 5.85. The van der Waals surface area contributed by atoms with Crippen LogP contribution in [0.2, 0.25) is 0 Å². The number of hydrogen-bond acceptors (Lipinski definition) is 3. The Morgan fingerprint density at radius 1 is 1.16 bits per heavy atom. The average molecular weight is 431 g/mol. The lowest BCUT2D eigenvalue weighted by molar-refractivity contribution is 0.0890. The maximum atomic E-state index is 13.6. The zero-order valence-electron chi connectivity index (χ0n) is 19.8. The van der Waals surface area contributed by atoms with Gasteiger partial charge >= 0.3 is 0 Å². The molecule has 1 unspecified atom stereocenters. The Balaban J connectivity index is 1.68. The number of aryl methyl sites for hydroxylation is 1. The van der Waals surface area contributed by atoms with Crippen LogP contribution in [0.25, 0.3) is 0 Å². The topological polar surface area (TPSA) is 59.0 Å². The second-order valence-corrected chi connectivity index (χ2v) is 9.56. The molecule has 1 aromatic heterocycles. The Morgan fingerprint density at radius 3 is 2.53 bits per heavy atom. The van der Waals surface area contributed by atoms with Gasteiger partial charge in [0.2, 0.25) is 0 Å². The number of amides is 1. The quantitative estimate of drug-likeness (QED) is 0.510. The highest BCUT2D eigenvalue weighted by atomic mass is 16.1. The molecule has 0 spiro atoms. The van der Waals surface area contributed by atoms with Crippen LogP contribution in [-0.4, -0.2) is 15.7 Å². The van der Waals surface area contributed by atoms with Gasteiger partial charge in [0.25, 0.3) is 5.91 Å². The minimum Gasteiger partial charge on any atom is -0.363 e. The molecule has 5 nitrogen and oxygen atoms in total. The zero-order chi connectivity index (χ0) is 22.9. The third kappa shape index (κ3) is 3.92. The Bertz CT molecular complexity index is 1100. The van der Waals surface area contributed by atoms with E-state index in [4.69, 9.17) is 0 Å². The van der Waals surface area contributed by atoms with E-state index in [0.29, 0.717) is 5.56 Å². The molecule has 1 atom stereocenters. The molecular formula is C27H34N4O. The fourth-order valence-corrected chi connectivity index (χ4v) is 4.94. The van der Waals surface area contributed by atoms with E-state index in [1.807, 2.05) is 10.7 Å². The van der Waals surface area contributed by atoms with E-state index >= 15 is 0 Å².